The first-order valence-electron chi connectivity index (χ1n) is 21.4. The van der Waals surface area contributed by atoms with E-state index in [0.717, 1.165) is 53.6 Å². The van der Waals surface area contributed by atoms with E-state index < -0.39 is 28.5 Å². The molecule has 0 aromatic heterocycles. The first-order valence-corrected chi connectivity index (χ1v) is 21.4. The van der Waals surface area contributed by atoms with Gasteiger partial charge in [0.05, 0.1) is 5.69 Å². The first kappa shape index (κ1) is 38.8. The molecule has 6 aromatic carbocycles. The molecule has 0 bridgehead atoms. The summed E-state index contributed by atoms with van der Waals surface area (Å²) in [7, 11) is 6.07. The molecular weight excluding hydrogens is 749 g/mol. The van der Waals surface area contributed by atoms with Gasteiger partial charge in [-0.05, 0) is 128 Å². The van der Waals surface area contributed by atoms with Gasteiger partial charge in [0.15, 0.2) is 23.0 Å². The summed E-state index contributed by atoms with van der Waals surface area (Å²) in [6, 6.07) is 38.4. The van der Waals surface area contributed by atoms with E-state index >= 15 is 0 Å². The van der Waals surface area contributed by atoms with Crippen LogP contribution in [0.4, 0.5) is 17.1 Å². The van der Waals surface area contributed by atoms with Crippen molar-refractivity contribution in [1.29, 1.82) is 0 Å². The van der Waals surface area contributed by atoms with Gasteiger partial charge in [-0.2, -0.15) is 0 Å². The number of phenols is 4. The van der Waals surface area contributed by atoms with E-state index in [1.165, 1.54) is 44.5 Å². The first-order chi connectivity index (χ1) is 29.2. The molecule has 2 unspecified atom stereocenters. The van der Waals surface area contributed by atoms with Crippen molar-refractivity contribution in [1.82, 2.24) is 0 Å². The van der Waals surface area contributed by atoms with Crippen molar-refractivity contribution < 1.29 is 20.4 Å². The largest absolute Gasteiger partial charge is 0.505 e. The van der Waals surface area contributed by atoms with Crippen LogP contribution in [-0.4, -0.2) is 28.3 Å². The molecule has 10 rings (SSSR count). The highest BCUT2D eigenvalue weighted by Gasteiger charge is 2.57. The monoisotopic (exact) mass is 799 g/mol. The minimum absolute atomic E-state index is 0.0712. The zero-order chi connectivity index (χ0) is 42.6. The fourth-order valence-corrected chi connectivity index (χ4v) is 11.9. The number of rotatable bonds is 5. The van der Waals surface area contributed by atoms with Crippen LogP contribution >= 0.6 is 0 Å². The van der Waals surface area contributed by atoms with Crippen LogP contribution in [0.15, 0.2) is 145 Å². The van der Waals surface area contributed by atoms with Crippen molar-refractivity contribution in [3.63, 3.8) is 0 Å². The summed E-state index contributed by atoms with van der Waals surface area (Å²) in [5, 5.41) is 46.3. The Bertz CT molecular complexity index is 2890. The number of nitrogens with zero attached hydrogens (tertiary/aromatic N) is 1. The van der Waals surface area contributed by atoms with Crippen LogP contribution in [0.1, 0.15) is 86.3 Å². The summed E-state index contributed by atoms with van der Waals surface area (Å²) in [5.41, 5.74) is 14.3. The number of phenolic OH excluding ortho intramolecular Hbond substituents is 4. The number of anilines is 3. The predicted molar refractivity (Wildman–Crippen MR) is 248 cm³/mol. The molecule has 6 heteroatoms. The molecule has 1 spiro atoms. The summed E-state index contributed by atoms with van der Waals surface area (Å²) in [5.74, 6) is -2.55. The van der Waals surface area contributed by atoms with Gasteiger partial charge < -0.3 is 25.3 Å². The molecule has 61 heavy (non-hydrogen) atoms. The molecule has 2 atom stereocenters. The van der Waals surface area contributed by atoms with Crippen LogP contribution in [0.5, 0.6) is 23.0 Å². The Hall–Kier alpha value is -6.40. The lowest BCUT2D eigenvalue weighted by atomic mass is 9.71. The molecule has 0 aliphatic heterocycles. The number of hydrogen-bond acceptors (Lipinski definition) is 5. The second-order valence-corrected chi connectivity index (χ2v) is 18.8. The van der Waals surface area contributed by atoms with Gasteiger partial charge in [0.1, 0.15) is 13.5 Å². The number of benzene rings is 6. The number of allylic oxidation sites excluding steroid dienone is 6. The zero-order valence-electron chi connectivity index (χ0n) is 35.4. The van der Waals surface area contributed by atoms with Gasteiger partial charge >= 0.3 is 0 Å². The maximum atomic E-state index is 11.9. The van der Waals surface area contributed by atoms with E-state index in [4.69, 9.17) is 7.85 Å². The highest BCUT2D eigenvalue weighted by molar-refractivity contribution is 6.37. The lowest BCUT2D eigenvalue weighted by Crippen LogP contribution is -2.27. The quantitative estimate of drug-likeness (QED) is 0.0793. The van der Waals surface area contributed by atoms with Gasteiger partial charge in [0, 0.05) is 17.0 Å². The van der Waals surface area contributed by atoms with Crippen LogP contribution in [0.2, 0.25) is 0 Å². The molecule has 0 fully saturated rings. The standard InChI is InChI=1S/C55H50BNO4/c1-32-34(36-19-11-13-21-38(36)40-29-33-17-9-10-18-35(33)37-20-12-14-22-39(37)40)23-15-27-44(32)57(48-51(60)49(58)47(56)50(59)52(48)61)45-28-16-26-43-46(45)54(4,5)31-55(43)30-53(2,3)41-24-7-6-8-25-42(41)55/h7-28,40,58-61H,6,29-31H2,1-5H3. The van der Waals surface area contributed by atoms with Gasteiger partial charge in [-0.1, -0.05) is 149 Å². The topological polar surface area (TPSA) is 84.2 Å². The molecule has 5 nitrogen and oxygen atoms in total. The predicted octanol–water partition coefficient (Wildman–Crippen LogP) is 12.3. The lowest BCUT2D eigenvalue weighted by molar-refractivity contribution is 0.319. The third-order valence-electron chi connectivity index (χ3n) is 14.2. The van der Waals surface area contributed by atoms with E-state index in [-0.39, 0.29) is 27.9 Å². The Morgan fingerprint density at radius 3 is 1.80 bits per heavy atom. The summed E-state index contributed by atoms with van der Waals surface area (Å²) in [6.45, 7) is 11.3. The highest BCUT2D eigenvalue weighted by atomic mass is 16.3. The molecular formula is C55H50BNO4. The third kappa shape index (κ3) is 5.67. The smallest absolute Gasteiger partial charge is 0.185 e. The Labute approximate surface area is 360 Å². The molecule has 4 aliphatic rings. The number of aromatic hydroxyl groups is 4. The molecule has 302 valence electrons. The van der Waals surface area contributed by atoms with Gasteiger partial charge in [-0.15, -0.1) is 0 Å². The summed E-state index contributed by atoms with van der Waals surface area (Å²) >= 11 is 0. The average Bonchev–Trinajstić information content (AvgIpc) is 3.44. The fraction of sp³-hybridized carbons (Fsp3) is 0.236. The maximum Gasteiger partial charge on any atom is 0.185 e. The summed E-state index contributed by atoms with van der Waals surface area (Å²) in [4.78, 5) is 1.83. The minimum Gasteiger partial charge on any atom is -0.505 e. The lowest BCUT2D eigenvalue weighted by Gasteiger charge is -2.34. The molecule has 0 amide bonds. The minimum atomic E-state index is -0.697. The van der Waals surface area contributed by atoms with Gasteiger partial charge in [0.25, 0.3) is 0 Å². The van der Waals surface area contributed by atoms with Crippen molar-refractivity contribution in [2.45, 2.75) is 77.0 Å². The van der Waals surface area contributed by atoms with Gasteiger partial charge in [-0.3, -0.25) is 0 Å². The van der Waals surface area contributed by atoms with Crippen molar-refractivity contribution >= 4 is 30.4 Å². The highest BCUT2D eigenvalue weighted by Crippen LogP contribution is 2.67. The summed E-state index contributed by atoms with van der Waals surface area (Å²) in [6.07, 6.45) is 12.7. The Kier molecular flexibility index (Phi) is 8.79. The molecule has 6 aromatic rings. The van der Waals surface area contributed by atoms with Gasteiger partial charge in [-0.25, -0.2) is 0 Å². The van der Waals surface area contributed by atoms with E-state index in [0.29, 0.717) is 5.69 Å². The van der Waals surface area contributed by atoms with Crippen LogP contribution in [-0.2, 0) is 17.3 Å². The van der Waals surface area contributed by atoms with Crippen LogP contribution in [0.3, 0.4) is 0 Å². The molecule has 4 aliphatic carbocycles. The van der Waals surface area contributed by atoms with Crippen LogP contribution in [0, 0.1) is 12.3 Å². The molecule has 0 saturated carbocycles. The van der Waals surface area contributed by atoms with Crippen molar-refractivity contribution in [3.8, 4) is 45.3 Å². The second-order valence-electron chi connectivity index (χ2n) is 18.8. The fourth-order valence-electron chi connectivity index (χ4n) is 11.9. The number of fused-ring (bicyclic) bond motifs is 6. The Morgan fingerprint density at radius 1 is 0.574 bits per heavy atom. The van der Waals surface area contributed by atoms with Gasteiger partial charge in [0.2, 0.25) is 0 Å². The van der Waals surface area contributed by atoms with Crippen molar-refractivity contribution in [2.24, 2.45) is 5.41 Å². The SMILES string of the molecule is [B]c1c(O)c(O)c(N(c2cccc(-c3ccccc3C3Cc4ccccc4-c4ccccc43)c2C)c2cccc3c2C(C)(C)CC32CC(C)(C)C3=C2C=CCC=C3)c(O)c1O. The Morgan fingerprint density at radius 2 is 1.11 bits per heavy atom. The molecule has 2 radical (unpaired) electrons. The van der Waals surface area contributed by atoms with E-state index in [2.05, 4.69) is 150 Å². The Balaban J connectivity index is 1.21. The average molecular weight is 800 g/mol. The zero-order valence-corrected chi connectivity index (χ0v) is 35.4. The summed E-state index contributed by atoms with van der Waals surface area (Å²) < 4.78 is 0. The van der Waals surface area contributed by atoms with E-state index in [1.807, 2.05) is 23.1 Å². The number of hydrogen-bond donors (Lipinski definition) is 4. The molecule has 4 N–H and O–H groups in total. The van der Waals surface area contributed by atoms with Crippen molar-refractivity contribution in [3.05, 3.63) is 178 Å². The molecule has 0 heterocycles. The van der Waals surface area contributed by atoms with E-state index in [9.17, 15) is 20.4 Å². The van der Waals surface area contributed by atoms with Crippen LogP contribution in [0.25, 0.3) is 22.3 Å². The second kappa shape index (κ2) is 13.8. The maximum absolute atomic E-state index is 11.9. The molecule has 0 saturated heterocycles. The van der Waals surface area contributed by atoms with Crippen molar-refractivity contribution in [2.75, 3.05) is 4.90 Å². The normalized spacial score (nSPS) is 20.2. The third-order valence-corrected chi connectivity index (χ3v) is 14.2. The van der Waals surface area contributed by atoms with Crippen LogP contribution < -0.4 is 10.4 Å². The van der Waals surface area contributed by atoms with E-state index in [1.54, 1.807) is 0 Å².